The maximum Gasteiger partial charge on any atom is 0.418 e. The molecule has 0 aromatic heterocycles. The van der Waals surface area contributed by atoms with Crippen LogP contribution in [0, 0.1) is 0 Å². The number of benzene rings is 1. The topological polar surface area (TPSA) is 38.0 Å². The molecule has 2 nitrogen and oxygen atoms in total. The van der Waals surface area contributed by atoms with Crippen LogP contribution in [0.4, 0.5) is 18.9 Å². The fraction of sp³-hybridized carbons (Fsp3) is 0.400. The zero-order valence-electron chi connectivity index (χ0n) is 8.52. The first-order chi connectivity index (χ1) is 6.88. The SMILES string of the molecule is CC(C)c1cccc(NN)c1C(F)(F)F. The van der Waals surface area contributed by atoms with E-state index in [1.807, 2.05) is 0 Å². The van der Waals surface area contributed by atoms with Gasteiger partial charge in [-0.15, -0.1) is 0 Å². The lowest BCUT2D eigenvalue weighted by atomic mass is 9.95. The van der Waals surface area contributed by atoms with Gasteiger partial charge in [0, 0.05) is 0 Å². The number of rotatable bonds is 2. The highest BCUT2D eigenvalue weighted by molar-refractivity contribution is 5.56. The van der Waals surface area contributed by atoms with Gasteiger partial charge in [-0.25, -0.2) is 0 Å². The highest BCUT2D eigenvalue weighted by atomic mass is 19.4. The molecule has 0 unspecified atom stereocenters. The number of hydrazine groups is 1. The summed E-state index contributed by atoms with van der Waals surface area (Å²) in [5, 5.41) is 0. The zero-order chi connectivity index (χ0) is 11.6. The van der Waals surface area contributed by atoms with Gasteiger partial charge in [0.15, 0.2) is 0 Å². The van der Waals surface area contributed by atoms with Crippen LogP contribution >= 0.6 is 0 Å². The van der Waals surface area contributed by atoms with Gasteiger partial charge < -0.3 is 5.43 Å². The summed E-state index contributed by atoms with van der Waals surface area (Å²) in [6.45, 7) is 3.43. The predicted octanol–water partition coefficient (Wildman–Crippen LogP) is 3.11. The molecule has 0 amide bonds. The first kappa shape index (κ1) is 11.8. The van der Waals surface area contributed by atoms with E-state index < -0.39 is 11.7 Å². The van der Waals surface area contributed by atoms with Crippen molar-refractivity contribution >= 4 is 5.69 Å². The number of hydrogen-bond donors (Lipinski definition) is 2. The summed E-state index contributed by atoms with van der Waals surface area (Å²) < 4.78 is 38.3. The van der Waals surface area contributed by atoms with Gasteiger partial charge in [0.25, 0.3) is 0 Å². The lowest BCUT2D eigenvalue weighted by molar-refractivity contribution is -0.137. The van der Waals surface area contributed by atoms with E-state index >= 15 is 0 Å². The minimum atomic E-state index is -4.39. The van der Waals surface area contributed by atoms with Crippen molar-refractivity contribution < 1.29 is 13.2 Å². The summed E-state index contributed by atoms with van der Waals surface area (Å²) in [5.74, 6) is 4.87. The molecule has 5 heteroatoms. The summed E-state index contributed by atoms with van der Waals surface area (Å²) in [5.41, 5.74) is 1.56. The maximum absolute atomic E-state index is 12.8. The Kier molecular flexibility index (Phi) is 3.24. The minimum Gasteiger partial charge on any atom is -0.324 e. The molecule has 0 saturated carbocycles. The molecule has 0 bridgehead atoms. The third-order valence-corrected chi connectivity index (χ3v) is 2.16. The van der Waals surface area contributed by atoms with Crippen molar-refractivity contribution in [1.29, 1.82) is 0 Å². The molecule has 0 fully saturated rings. The smallest absolute Gasteiger partial charge is 0.324 e. The Morgan fingerprint density at radius 2 is 1.87 bits per heavy atom. The number of alkyl halides is 3. The maximum atomic E-state index is 12.8. The lowest BCUT2D eigenvalue weighted by Gasteiger charge is -2.18. The first-order valence-electron chi connectivity index (χ1n) is 4.54. The van der Waals surface area contributed by atoms with E-state index in [4.69, 9.17) is 5.84 Å². The average molecular weight is 218 g/mol. The Bertz CT molecular complexity index is 345. The predicted molar refractivity (Wildman–Crippen MR) is 53.3 cm³/mol. The van der Waals surface area contributed by atoms with Crippen molar-refractivity contribution in [3.05, 3.63) is 29.3 Å². The third-order valence-electron chi connectivity index (χ3n) is 2.16. The second-order valence-corrected chi connectivity index (χ2v) is 3.57. The first-order valence-corrected chi connectivity index (χ1v) is 4.54. The quantitative estimate of drug-likeness (QED) is 0.591. The molecule has 1 rings (SSSR count). The summed E-state index contributed by atoms with van der Waals surface area (Å²) in [7, 11) is 0. The molecule has 0 atom stereocenters. The fourth-order valence-corrected chi connectivity index (χ4v) is 1.49. The molecule has 0 spiro atoms. The van der Waals surface area contributed by atoms with E-state index in [1.165, 1.54) is 12.1 Å². The van der Waals surface area contributed by atoms with Gasteiger partial charge in [-0.3, -0.25) is 5.84 Å². The van der Waals surface area contributed by atoms with Crippen molar-refractivity contribution in [3.63, 3.8) is 0 Å². The number of nitrogens with one attached hydrogen (secondary N) is 1. The van der Waals surface area contributed by atoms with Gasteiger partial charge in [-0.05, 0) is 17.5 Å². The van der Waals surface area contributed by atoms with Crippen molar-refractivity contribution in [2.75, 3.05) is 5.43 Å². The van der Waals surface area contributed by atoms with Crippen LogP contribution in [0.3, 0.4) is 0 Å². The summed E-state index contributed by atoms with van der Waals surface area (Å²) in [6.07, 6.45) is -4.39. The van der Waals surface area contributed by atoms with Crippen molar-refractivity contribution in [2.24, 2.45) is 5.84 Å². The standard InChI is InChI=1S/C10H13F3N2/c1-6(2)7-4-3-5-8(15-14)9(7)10(11,12)13/h3-6,15H,14H2,1-2H3. The van der Waals surface area contributed by atoms with E-state index in [0.717, 1.165) is 0 Å². The lowest BCUT2D eigenvalue weighted by Crippen LogP contribution is -2.17. The molecule has 1 aromatic carbocycles. The highest BCUT2D eigenvalue weighted by Gasteiger charge is 2.36. The second kappa shape index (κ2) is 4.10. The van der Waals surface area contributed by atoms with Crippen molar-refractivity contribution in [1.82, 2.24) is 0 Å². The van der Waals surface area contributed by atoms with E-state index in [0.29, 0.717) is 0 Å². The summed E-state index contributed by atoms with van der Waals surface area (Å²) in [6, 6.07) is 4.34. The number of nitrogen functional groups attached to an aromatic ring is 1. The van der Waals surface area contributed by atoms with Gasteiger partial charge in [-0.2, -0.15) is 13.2 Å². The largest absolute Gasteiger partial charge is 0.418 e. The van der Waals surface area contributed by atoms with E-state index in [2.05, 4.69) is 5.43 Å². The van der Waals surface area contributed by atoms with Gasteiger partial charge >= 0.3 is 6.18 Å². The molecule has 84 valence electrons. The molecule has 15 heavy (non-hydrogen) atoms. The van der Waals surface area contributed by atoms with Crippen LogP contribution in [0.5, 0.6) is 0 Å². The molecule has 1 aromatic rings. The molecule has 0 heterocycles. The molecule has 0 aliphatic heterocycles. The molecule has 0 aliphatic rings. The van der Waals surface area contributed by atoms with E-state index in [1.54, 1.807) is 19.9 Å². The minimum absolute atomic E-state index is 0.0892. The Balaban J connectivity index is 3.41. The number of anilines is 1. The Labute approximate surface area is 86.2 Å². The third kappa shape index (κ3) is 2.41. The molecule has 3 N–H and O–H groups in total. The Hall–Kier alpha value is -1.23. The van der Waals surface area contributed by atoms with Crippen LogP contribution in [0.15, 0.2) is 18.2 Å². The molecule has 0 saturated heterocycles. The van der Waals surface area contributed by atoms with Crippen molar-refractivity contribution in [2.45, 2.75) is 25.9 Å². The Morgan fingerprint density at radius 1 is 1.27 bits per heavy atom. The average Bonchev–Trinajstić information content (AvgIpc) is 2.15. The van der Waals surface area contributed by atoms with Crippen LogP contribution in [0.2, 0.25) is 0 Å². The van der Waals surface area contributed by atoms with Crippen LogP contribution in [-0.4, -0.2) is 0 Å². The van der Waals surface area contributed by atoms with Crippen LogP contribution in [-0.2, 0) is 6.18 Å². The molecular weight excluding hydrogens is 205 g/mol. The van der Waals surface area contributed by atoms with Gasteiger partial charge in [0.1, 0.15) is 0 Å². The normalized spacial score (nSPS) is 11.9. The van der Waals surface area contributed by atoms with E-state index in [9.17, 15) is 13.2 Å². The van der Waals surface area contributed by atoms with Crippen LogP contribution in [0.1, 0.15) is 30.9 Å². The number of hydrogen-bond acceptors (Lipinski definition) is 2. The highest BCUT2D eigenvalue weighted by Crippen LogP contribution is 2.39. The monoisotopic (exact) mass is 218 g/mol. The molecule has 0 radical (unpaired) electrons. The van der Waals surface area contributed by atoms with Gasteiger partial charge in [0.05, 0.1) is 11.3 Å². The second-order valence-electron chi connectivity index (χ2n) is 3.57. The van der Waals surface area contributed by atoms with Crippen molar-refractivity contribution in [3.8, 4) is 0 Å². The summed E-state index contributed by atoms with van der Waals surface area (Å²) in [4.78, 5) is 0. The molecular formula is C10H13F3N2. The Morgan fingerprint density at radius 3 is 2.27 bits per heavy atom. The summed E-state index contributed by atoms with van der Waals surface area (Å²) >= 11 is 0. The zero-order valence-corrected chi connectivity index (χ0v) is 8.52. The van der Waals surface area contributed by atoms with Crippen LogP contribution in [0.25, 0.3) is 0 Å². The van der Waals surface area contributed by atoms with Gasteiger partial charge in [-0.1, -0.05) is 26.0 Å². The molecule has 0 aliphatic carbocycles. The number of nitrogens with two attached hydrogens (primary N) is 1. The number of halogens is 3. The van der Waals surface area contributed by atoms with Gasteiger partial charge in [0.2, 0.25) is 0 Å². The van der Waals surface area contributed by atoms with E-state index in [-0.39, 0.29) is 17.2 Å². The fourth-order valence-electron chi connectivity index (χ4n) is 1.49. The van der Waals surface area contributed by atoms with Crippen LogP contribution < -0.4 is 11.3 Å².